The molecule has 0 aliphatic heterocycles. The number of fused-ring (bicyclic) bond motifs is 1. The molecule has 1 heterocycles. The summed E-state index contributed by atoms with van der Waals surface area (Å²) in [5, 5.41) is 13.6. The van der Waals surface area contributed by atoms with Gasteiger partial charge in [-0.25, -0.2) is 8.78 Å². The van der Waals surface area contributed by atoms with Crippen molar-refractivity contribution in [2.45, 2.75) is 30.7 Å². The molecule has 0 spiro atoms. The van der Waals surface area contributed by atoms with Gasteiger partial charge in [0.2, 0.25) is 5.67 Å². The third-order valence-corrected chi connectivity index (χ3v) is 5.87. The van der Waals surface area contributed by atoms with E-state index in [0.29, 0.717) is 11.3 Å². The Labute approximate surface area is 165 Å². The van der Waals surface area contributed by atoms with Gasteiger partial charge in [-0.1, -0.05) is 23.7 Å². The maximum absolute atomic E-state index is 15.7. The maximum Gasteiger partial charge on any atom is 0.262 e. The van der Waals surface area contributed by atoms with Gasteiger partial charge in [0, 0.05) is 29.1 Å². The van der Waals surface area contributed by atoms with Crippen LogP contribution in [0.5, 0.6) is 0 Å². The Kier molecular flexibility index (Phi) is 5.74. The van der Waals surface area contributed by atoms with Crippen molar-refractivity contribution in [3.8, 4) is 0 Å². The fourth-order valence-electron chi connectivity index (χ4n) is 3.32. The van der Waals surface area contributed by atoms with Gasteiger partial charge in [-0.2, -0.15) is 11.8 Å². The van der Waals surface area contributed by atoms with Gasteiger partial charge >= 0.3 is 0 Å². The third-order valence-electron chi connectivity index (χ3n) is 4.76. The minimum Gasteiger partial charge on any atom is -0.383 e. The number of aromatic nitrogens is 1. The van der Waals surface area contributed by atoms with E-state index in [4.69, 9.17) is 11.6 Å². The quantitative estimate of drug-likeness (QED) is 0.786. The number of rotatable bonds is 5. The van der Waals surface area contributed by atoms with Crippen molar-refractivity contribution in [1.29, 1.82) is 0 Å². The summed E-state index contributed by atoms with van der Waals surface area (Å²) in [5.41, 5.74) is -2.82. The molecule has 8 heteroatoms. The van der Waals surface area contributed by atoms with Crippen LogP contribution < -0.4 is 5.32 Å². The van der Waals surface area contributed by atoms with Crippen LogP contribution in [0.3, 0.4) is 0 Å². The molecule has 27 heavy (non-hydrogen) atoms. The number of hydrogen-bond donors (Lipinski definition) is 2. The van der Waals surface area contributed by atoms with Gasteiger partial charge in [0.1, 0.15) is 11.4 Å². The van der Waals surface area contributed by atoms with Crippen molar-refractivity contribution in [2.75, 3.05) is 12.0 Å². The maximum atomic E-state index is 15.7. The molecule has 2 unspecified atom stereocenters. The van der Waals surface area contributed by atoms with Crippen LogP contribution in [0.4, 0.5) is 8.78 Å². The van der Waals surface area contributed by atoms with E-state index >= 15 is 4.39 Å². The molecule has 1 amide bonds. The van der Waals surface area contributed by atoms with Crippen molar-refractivity contribution in [1.82, 2.24) is 10.3 Å². The molecule has 2 N–H and O–H groups in total. The summed E-state index contributed by atoms with van der Waals surface area (Å²) in [6.45, 7) is -0.0334. The molecule has 0 saturated heterocycles. The lowest BCUT2D eigenvalue weighted by Crippen LogP contribution is -2.48. The number of benzene rings is 1. The molecule has 0 bridgehead atoms. The SMILES string of the molecule is CSCC1(O)CCC(F)(C(=O)NCc2ccc(F)cc2Cl)c2cccnc21. The predicted octanol–water partition coefficient (Wildman–Crippen LogP) is 3.70. The average Bonchev–Trinajstić information content (AvgIpc) is 2.65. The highest BCUT2D eigenvalue weighted by atomic mass is 35.5. The topological polar surface area (TPSA) is 62.2 Å². The van der Waals surface area contributed by atoms with Gasteiger partial charge in [0.25, 0.3) is 5.91 Å². The van der Waals surface area contributed by atoms with Crippen LogP contribution in [0, 0.1) is 5.82 Å². The first kappa shape index (κ1) is 20.0. The van der Waals surface area contributed by atoms with Crippen molar-refractivity contribution in [3.05, 3.63) is 64.2 Å². The number of thioether (sulfide) groups is 1. The molecule has 4 nitrogen and oxygen atoms in total. The second-order valence-corrected chi connectivity index (χ2v) is 7.86. The van der Waals surface area contributed by atoms with E-state index in [1.54, 1.807) is 6.07 Å². The van der Waals surface area contributed by atoms with Crippen molar-refractivity contribution < 1.29 is 18.7 Å². The first-order chi connectivity index (χ1) is 12.8. The Hall–Kier alpha value is -1.70. The fourth-order valence-corrected chi connectivity index (χ4v) is 4.32. The summed E-state index contributed by atoms with van der Waals surface area (Å²) in [6, 6.07) is 6.83. The van der Waals surface area contributed by atoms with E-state index in [9.17, 15) is 14.3 Å². The minimum absolute atomic E-state index is 0.0334. The number of pyridine rings is 1. The lowest BCUT2D eigenvalue weighted by molar-refractivity contribution is -0.136. The van der Waals surface area contributed by atoms with Gasteiger partial charge in [-0.3, -0.25) is 9.78 Å². The third kappa shape index (κ3) is 3.81. The normalized spacial score (nSPS) is 24.3. The van der Waals surface area contributed by atoms with Gasteiger partial charge in [0.15, 0.2) is 0 Å². The number of carbonyl (C=O) groups excluding carboxylic acids is 1. The van der Waals surface area contributed by atoms with E-state index in [2.05, 4.69) is 10.3 Å². The number of aliphatic hydroxyl groups is 1. The van der Waals surface area contributed by atoms with E-state index in [-0.39, 0.29) is 35.7 Å². The van der Waals surface area contributed by atoms with Crippen LogP contribution in [-0.4, -0.2) is 28.0 Å². The Morgan fingerprint density at radius 3 is 2.89 bits per heavy atom. The average molecular weight is 413 g/mol. The van der Waals surface area contributed by atoms with Crippen molar-refractivity contribution in [2.24, 2.45) is 0 Å². The Morgan fingerprint density at radius 1 is 1.41 bits per heavy atom. The number of hydrogen-bond acceptors (Lipinski definition) is 4. The van der Waals surface area contributed by atoms with Crippen LogP contribution in [0.25, 0.3) is 0 Å². The summed E-state index contributed by atoms with van der Waals surface area (Å²) in [6.07, 6.45) is 3.24. The first-order valence-electron chi connectivity index (χ1n) is 8.38. The second kappa shape index (κ2) is 7.73. The van der Waals surface area contributed by atoms with Gasteiger partial charge < -0.3 is 10.4 Å². The van der Waals surface area contributed by atoms with Crippen LogP contribution in [-0.2, 0) is 22.6 Å². The van der Waals surface area contributed by atoms with E-state index in [0.717, 1.165) is 6.07 Å². The zero-order chi connectivity index (χ0) is 19.7. The number of halogens is 3. The van der Waals surface area contributed by atoms with Gasteiger partial charge in [-0.15, -0.1) is 0 Å². The van der Waals surface area contributed by atoms with E-state index in [1.165, 1.54) is 36.2 Å². The zero-order valence-corrected chi connectivity index (χ0v) is 16.2. The largest absolute Gasteiger partial charge is 0.383 e. The smallest absolute Gasteiger partial charge is 0.262 e. The van der Waals surface area contributed by atoms with Gasteiger partial charge in [0.05, 0.1) is 5.69 Å². The lowest BCUT2D eigenvalue weighted by atomic mass is 9.75. The van der Waals surface area contributed by atoms with Gasteiger partial charge in [-0.05, 0) is 42.9 Å². The summed E-state index contributed by atoms with van der Waals surface area (Å²) in [7, 11) is 0. The summed E-state index contributed by atoms with van der Waals surface area (Å²) < 4.78 is 28.9. The number of nitrogens with one attached hydrogen (secondary N) is 1. The number of amides is 1. The highest BCUT2D eigenvalue weighted by molar-refractivity contribution is 7.98. The minimum atomic E-state index is -2.30. The molecule has 0 saturated carbocycles. The summed E-state index contributed by atoms with van der Waals surface area (Å²) in [4.78, 5) is 16.9. The number of carbonyl (C=O) groups is 1. The van der Waals surface area contributed by atoms with E-state index < -0.39 is 23.0 Å². The molecule has 2 aromatic rings. The molecule has 144 valence electrons. The molecule has 0 radical (unpaired) electrons. The predicted molar refractivity (Wildman–Crippen MR) is 102 cm³/mol. The summed E-state index contributed by atoms with van der Waals surface area (Å²) >= 11 is 7.39. The second-order valence-electron chi connectivity index (χ2n) is 6.58. The first-order valence-corrected chi connectivity index (χ1v) is 10.2. The van der Waals surface area contributed by atoms with Crippen LogP contribution in [0.1, 0.15) is 29.7 Å². The number of nitrogens with zero attached hydrogens (tertiary/aromatic N) is 1. The van der Waals surface area contributed by atoms with Crippen molar-refractivity contribution in [3.63, 3.8) is 0 Å². The Bertz CT molecular complexity index is 869. The Balaban J connectivity index is 1.85. The molecule has 3 rings (SSSR count). The van der Waals surface area contributed by atoms with E-state index in [1.807, 2.05) is 6.26 Å². The molecular weight excluding hydrogens is 394 g/mol. The molecule has 1 aliphatic carbocycles. The zero-order valence-electron chi connectivity index (χ0n) is 14.6. The highest BCUT2D eigenvalue weighted by Crippen LogP contribution is 2.46. The van der Waals surface area contributed by atoms with Crippen molar-refractivity contribution >= 4 is 29.3 Å². The number of alkyl halides is 1. The molecule has 2 atom stereocenters. The molecular formula is C19H19ClF2N2O2S. The molecule has 1 aromatic carbocycles. The molecule has 1 aromatic heterocycles. The Morgan fingerprint density at radius 2 is 2.19 bits per heavy atom. The standard InChI is InChI=1S/C19H19ClF2N2O2S/c1-27-11-18(26)6-7-19(22,14-3-2-8-23-16(14)18)17(25)24-10-12-4-5-13(21)9-15(12)20/h2-5,8-9,26H,6-7,10-11H2,1H3,(H,24,25). The monoisotopic (exact) mass is 412 g/mol. The van der Waals surface area contributed by atoms with Crippen LogP contribution >= 0.6 is 23.4 Å². The summed E-state index contributed by atoms with van der Waals surface area (Å²) in [5.74, 6) is -0.958. The molecule has 0 fully saturated rings. The van der Waals surface area contributed by atoms with Crippen LogP contribution in [0.2, 0.25) is 5.02 Å². The fraction of sp³-hybridized carbons (Fsp3) is 0.368. The molecule has 1 aliphatic rings. The highest BCUT2D eigenvalue weighted by Gasteiger charge is 2.51. The van der Waals surface area contributed by atoms with Crippen LogP contribution in [0.15, 0.2) is 36.5 Å². The lowest BCUT2D eigenvalue weighted by Gasteiger charge is -2.39.